The Bertz CT molecular complexity index is 601. The summed E-state index contributed by atoms with van der Waals surface area (Å²) < 4.78 is 19.9. The highest BCUT2D eigenvalue weighted by Gasteiger charge is 2.23. The van der Waals surface area contributed by atoms with Crippen LogP contribution in [0.1, 0.15) is 12.0 Å². The van der Waals surface area contributed by atoms with E-state index in [1.54, 1.807) is 18.5 Å². The summed E-state index contributed by atoms with van der Waals surface area (Å²) in [7, 11) is 1.91. The number of hydrogen-bond donors (Lipinski definition) is 1. The number of pyridine rings is 1. The van der Waals surface area contributed by atoms with Crippen LogP contribution < -0.4 is 10.1 Å². The molecule has 3 nitrogen and oxygen atoms in total. The van der Waals surface area contributed by atoms with E-state index in [0.29, 0.717) is 0 Å². The summed E-state index contributed by atoms with van der Waals surface area (Å²) in [5.74, 6) is 0.573. The minimum absolute atomic E-state index is 0.133. The van der Waals surface area contributed by atoms with Gasteiger partial charge >= 0.3 is 0 Å². The number of hydrogen-bond acceptors (Lipinski definition) is 3. The van der Waals surface area contributed by atoms with Crippen molar-refractivity contribution < 1.29 is 9.13 Å². The molecular formula is C16H17FN2O. The van der Waals surface area contributed by atoms with Crippen molar-refractivity contribution in [3.05, 3.63) is 48.0 Å². The molecule has 2 aromatic rings. The SMILES string of the molecule is CNC[C@H]1CCc2cc(F)cc(-c3cccnc3)c2O1. The van der Waals surface area contributed by atoms with Crippen LogP contribution in [0.15, 0.2) is 36.7 Å². The van der Waals surface area contributed by atoms with Gasteiger partial charge < -0.3 is 10.1 Å². The van der Waals surface area contributed by atoms with Crippen molar-refractivity contribution in [2.24, 2.45) is 0 Å². The van der Waals surface area contributed by atoms with Gasteiger partial charge in [-0.2, -0.15) is 0 Å². The molecule has 0 aliphatic carbocycles. The fraction of sp³-hybridized carbons (Fsp3) is 0.312. The predicted octanol–water partition coefficient (Wildman–Crippen LogP) is 2.80. The summed E-state index contributed by atoms with van der Waals surface area (Å²) in [6.45, 7) is 0.795. The number of halogens is 1. The lowest BCUT2D eigenvalue weighted by molar-refractivity contribution is 0.174. The van der Waals surface area contributed by atoms with Crippen molar-refractivity contribution in [3.63, 3.8) is 0 Å². The van der Waals surface area contributed by atoms with E-state index < -0.39 is 0 Å². The van der Waals surface area contributed by atoms with Crippen LogP contribution in [-0.4, -0.2) is 24.7 Å². The van der Waals surface area contributed by atoms with Gasteiger partial charge in [-0.25, -0.2) is 4.39 Å². The van der Waals surface area contributed by atoms with Gasteiger partial charge in [0, 0.05) is 30.1 Å². The number of benzene rings is 1. The maximum absolute atomic E-state index is 13.8. The third-order valence-electron chi connectivity index (χ3n) is 3.56. The first-order valence-corrected chi connectivity index (χ1v) is 6.82. The van der Waals surface area contributed by atoms with Gasteiger partial charge in [0.1, 0.15) is 17.7 Å². The monoisotopic (exact) mass is 272 g/mol. The number of likely N-dealkylation sites (N-methyl/N-ethyl adjacent to an activating group) is 1. The summed E-state index contributed by atoms with van der Waals surface area (Å²) in [5, 5.41) is 3.13. The normalized spacial score (nSPS) is 17.4. The standard InChI is InChI=1S/C16H17FN2O/c1-18-10-14-5-4-11-7-13(17)8-15(16(11)20-14)12-3-2-6-19-9-12/h2-3,6-9,14,18H,4-5,10H2,1H3/t14-/m1/s1. The van der Waals surface area contributed by atoms with Crippen LogP contribution in [0.4, 0.5) is 4.39 Å². The molecule has 1 atom stereocenters. The van der Waals surface area contributed by atoms with Crippen LogP contribution in [0.25, 0.3) is 11.1 Å². The maximum atomic E-state index is 13.8. The highest BCUT2D eigenvalue weighted by Crippen LogP contribution is 2.38. The number of fused-ring (bicyclic) bond motifs is 1. The Morgan fingerprint density at radius 3 is 3.10 bits per heavy atom. The summed E-state index contributed by atoms with van der Waals surface area (Å²) in [6, 6.07) is 6.87. The first-order valence-electron chi connectivity index (χ1n) is 6.82. The van der Waals surface area contributed by atoms with Crippen molar-refractivity contribution in [3.8, 4) is 16.9 Å². The van der Waals surface area contributed by atoms with Gasteiger partial charge in [0.25, 0.3) is 0 Å². The van der Waals surface area contributed by atoms with Gasteiger partial charge in [-0.1, -0.05) is 6.07 Å². The molecule has 0 unspecified atom stereocenters. The Morgan fingerprint density at radius 2 is 2.35 bits per heavy atom. The quantitative estimate of drug-likeness (QED) is 0.933. The smallest absolute Gasteiger partial charge is 0.131 e. The number of rotatable bonds is 3. The number of nitrogens with one attached hydrogen (secondary N) is 1. The third kappa shape index (κ3) is 2.51. The zero-order valence-electron chi connectivity index (χ0n) is 11.4. The van der Waals surface area contributed by atoms with E-state index in [2.05, 4.69) is 10.3 Å². The first kappa shape index (κ1) is 13.1. The van der Waals surface area contributed by atoms with E-state index in [1.807, 2.05) is 19.2 Å². The number of ether oxygens (including phenoxy) is 1. The topological polar surface area (TPSA) is 34.2 Å². The van der Waals surface area contributed by atoms with Gasteiger partial charge in [0.2, 0.25) is 0 Å². The maximum Gasteiger partial charge on any atom is 0.131 e. The van der Waals surface area contributed by atoms with Gasteiger partial charge in [0.15, 0.2) is 0 Å². The molecule has 0 radical (unpaired) electrons. The number of nitrogens with zero attached hydrogens (tertiary/aromatic N) is 1. The van der Waals surface area contributed by atoms with Crippen LogP contribution >= 0.6 is 0 Å². The molecule has 0 bridgehead atoms. The average Bonchev–Trinajstić information content (AvgIpc) is 2.48. The Hall–Kier alpha value is -1.94. The van der Waals surface area contributed by atoms with Crippen molar-refractivity contribution in [1.82, 2.24) is 10.3 Å². The molecule has 4 heteroatoms. The molecule has 1 N–H and O–H groups in total. The predicted molar refractivity (Wildman–Crippen MR) is 76.3 cm³/mol. The van der Waals surface area contributed by atoms with Crippen LogP contribution in [0.3, 0.4) is 0 Å². The van der Waals surface area contributed by atoms with E-state index in [1.165, 1.54) is 6.07 Å². The van der Waals surface area contributed by atoms with Crippen molar-refractivity contribution in [2.75, 3.05) is 13.6 Å². The second kappa shape index (κ2) is 5.59. The molecule has 0 spiro atoms. The summed E-state index contributed by atoms with van der Waals surface area (Å²) in [4.78, 5) is 4.10. The van der Waals surface area contributed by atoms with Gasteiger partial charge in [-0.3, -0.25) is 4.98 Å². The second-order valence-corrected chi connectivity index (χ2v) is 5.02. The van der Waals surface area contributed by atoms with Gasteiger partial charge in [-0.05, 0) is 43.7 Å². The molecule has 3 rings (SSSR count). The van der Waals surface area contributed by atoms with Crippen LogP contribution in [-0.2, 0) is 6.42 Å². The zero-order chi connectivity index (χ0) is 13.9. The molecule has 0 fully saturated rings. The van der Waals surface area contributed by atoms with Crippen LogP contribution in [0.2, 0.25) is 0 Å². The Kier molecular flexibility index (Phi) is 3.65. The average molecular weight is 272 g/mol. The molecule has 0 amide bonds. The largest absolute Gasteiger partial charge is 0.488 e. The molecule has 1 aromatic carbocycles. The Morgan fingerprint density at radius 1 is 1.45 bits per heavy atom. The van der Waals surface area contributed by atoms with Crippen LogP contribution in [0.5, 0.6) is 5.75 Å². The Labute approximate surface area is 117 Å². The minimum Gasteiger partial charge on any atom is -0.488 e. The highest BCUT2D eigenvalue weighted by atomic mass is 19.1. The van der Waals surface area contributed by atoms with Gasteiger partial charge in [0.05, 0.1) is 0 Å². The lowest BCUT2D eigenvalue weighted by atomic mass is 9.96. The minimum atomic E-state index is -0.224. The van der Waals surface area contributed by atoms with E-state index >= 15 is 0 Å². The lowest BCUT2D eigenvalue weighted by Crippen LogP contribution is -2.32. The molecule has 0 saturated heterocycles. The first-order chi connectivity index (χ1) is 9.78. The molecule has 20 heavy (non-hydrogen) atoms. The second-order valence-electron chi connectivity index (χ2n) is 5.02. The molecule has 0 saturated carbocycles. The van der Waals surface area contributed by atoms with Gasteiger partial charge in [-0.15, -0.1) is 0 Å². The Balaban J connectivity index is 2.05. The summed E-state index contributed by atoms with van der Waals surface area (Å²) in [6.07, 6.45) is 5.32. The number of aryl methyl sites for hydroxylation is 1. The highest BCUT2D eigenvalue weighted by molar-refractivity contribution is 5.72. The fourth-order valence-electron chi connectivity index (χ4n) is 2.62. The van der Waals surface area contributed by atoms with Crippen molar-refractivity contribution in [2.45, 2.75) is 18.9 Å². The van der Waals surface area contributed by atoms with E-state index in [4.69, 9.17) is 4.74 Å². The molecule has 1 aromatic heterocycles. The molecule has 1 aliphatic heterocycles. The number of aromatic nitrogens is 1. The van der Waals surface area contributed by atoms with Crippen LogP contribution in [0, 0.1) is 5.82 Å². The third-order valence-corrected chi connectivity index (χ3v) is 3.56. The van der Waals surface area contributed by atoms with Crippen molar-refractivity contribution >= 4 is 0 Å². The zero-order valence-corrected chi connectivity index (χ0v) is 11.4. The lowest BCUT2D eigenvalue weighted by Gasteiger charge is -2.28. The fourth-order valence-corrected chi connectivity index (χ4v) is 2.62. The van der Waals surface area contributed by atoms with E-state index in [9.17, 15) is 4.39 Å². The molecule has 2 heterocycles. The van der Waals surface area contributed by atoms with E-state index in [0.717, 1.165) is 41.8 Å². The summed E-state index contributed by atoms with van der Waals surface area (Å²) in [5.41, 5.74) is 2.61. The molecular weight excluding hydrogens is 255 g/mol. The molecule has 104 valence electrons. The van der Waals surface area contributed by atoms with Crippen molar-refractivity contribution in [1.29, 1.82) is 0 Å². The van der Waals surface area contributed by atoms with E-state index in [-0.39, 0.29) is 11.9 Å². The summed E-state index contributed by atoms with van der Waals surface area (Å²) >= 11 is 0. The molecule has 1 aliphatic rings.